The Morgan fingerprint density at radius 1 is 1.47 bits per heavy atom. The van der Waals surface area contributed by atoms with Crippen molar-refractivity contribution in [2.24, 2.45) is 0 Å². The van der Waals surface area contributed by atoms with Gasteiger partial charge in [-0.05, 0) is 26.0 Å². The molecule has 2 rings (SSSR count). The zero-order valence-electron chi connectivity index (χ0n) is 10.7. The van der Waals surface area contributed by atoms with Crippen LogP contribution < -0.4 is 10.7 Å². The number of carbonyl (C=O) groups excluding carboxylic acids is 1. The van der Waals surface area contributed by atoms with Crippen LogP contribution in [-0.2, 0) is 11.3 Å². The van der Waals surface area contributed by atoms with Gasteiger partial charge in [0.25, 0.3) is 5.56 Å². The minimum Gasteiger partial charge on any atom is -0.549 e. The number of fused-ring (bicyclic) bond motifs is 1. The molecule has 1 heterocycles. The summed E-state index contributed by atoms with van der Waals surface area (Å²) in [7, 11) is 0. The van der Waals surface area contributed by atoms with E-state index in [4.69, 9.17) is 0 Å². The number of aliphatic carboxylic acids is 1. The number of nitrogens with zero attached hydrogens (tertiary/aromatic N) is 2. The predicted molar refractivity (Wildman–Crippen MR) is 72.1 cm³/mol. The fraction of sp³-hybridized carbons (Fsp3) is 0.308. The molecule has 6 heteroatoms. The van der Waals surface area contributed by atoms with Crippen LogP contribution in [0.25, 0.3) is 10.9 Å². The molecule has 100 valence electrons. The van der Waals surface area contributed by atoms with Gasteiger partial charge in [0.15, 0.2) is 5.16 Å². The summed E-state index contributed by atoms with van der Waals surface area (Å²) in [6.07, 6.45) is 0. The van der Waals surface area contributed by atoms with Gasteiger partial charge in [0.1, 0.15) is 0 Å². The number of hydrogen-bond donors (Lipinski definition) is 0. The van der Waals surface area contributed by atoms with Crippen LogP contribution in [0.2, 0.25) is 0 Å². The molecule has 0 atom stereocenters. The van der Waals surface area contributed by atoms with Crippen molar-refractivity contribution < 1.29 is 9.90 Å². The van der Waals surface area contributed by atoms with Crippen molar-refractivity contribution in [1.29, 1.82) is 0 Å². The number of benzene rings is 1. The van der Waals surface area contributed by atoms with Crippen molar-refractivity contribution in [3.8, 4) is 0 Å². The summed E-state index contributed by atoms with van der Waals surface area (Å²) in [4.78, 5) is 27.2. The Morgan fingerprint density at radius 3 is 2.84 bits per heavy atom. The van der Waals surface area contributed by atoms with E-state index >= 15 is 0 Å². The number of carbonyl (C=O) groups is 1. The quantitative estimate of drug-likeness (QED) is 0.603. The highest BCUT2D eigenvalue weighted by molar-refractivity contribution is 7.99. The highest BCUT2D eigenvalue weighted by atomic mass is 32.2. The van der Waals surface area contributed by atoms with Crippen LogP contribution in [0, 0.1) is 6.92 Å². The van der Waals surface area contributed by atoms with Gasteiger partial charge < -0.3 is 9.90 Å². The van der Waals surface area contributed by atoms with Crippen molar-refractivity contribution in [3.05, 3.63) is 34.1 Å². The minimum absolute atomic E-state index is 0.142. The van der Waals surface area contributed by atoms with Crippen molar-refractivity contribution in [2.45, 2.75) is 25.5 Å². The third-order valence-electron chi connectivity index (χ3n) is 2.71. The van der Waals surface area contributed by atoms with Gasteiger partial charge >= 0.3 is 0 Å². The van der Waals surface area contributed by atoms with Crippen LogP contribution in [0.3, 0.4) is 0 Å². The van der Waals surface area contributed by atoms with Crippen molar-refractivity contribution in [3.63, 3.8) is 0 Å². The lowest BCUT2D eigenvalue weighted by atomic mass is 10.2. The number of carboxylic acid groups (broad SMARTS) is 1. The van der Waals surface area contributed by atoms with Gasteiger partial charge in [-0.2, -0.15) is 0 Å². The highest BCUT2D eigenvalue weighted by Crippen LogP contribution is 2.18. The summed E-state index contributed by atoms with van der Waals surface area (Å²) in [6, 6.07) is 5.44. The first-order valence-electron chi connectivity index (χ1n) is 5.86. The lowest BCUT2D eigenvalue weighted by Gasteiger charge is -2.11. The van der Waals surface area contributed by atoms with Crippen LogP contribution in [-0.4, -0.2) is 21.3 Å². The summed E-state index contributed by atoms with van der Waals surface area (Å²) in [5.41, 5.74) is 1.43. The molecule has 1 aromatic carbocycles. The zero-order valence-corrected chi connectivity index (χ0v) is 11.5. The van der Waals surface area contributed by atoms with Gasteiger partial charge in [0, 0.05) is 12.3 Å². The average Bonchev–Trinajstić information content (AvgIpc) is 2.37. The van der Waals surface area contributed by atoms with E-state index in [0.29, 0.717) is 22.6 Å². The van der Waals surface area contributed by atoms with E-state index in [2.05, 4.69) is 4.98 Å². The number of rotatable bonds is 4. The molecule has 0 bridgehead atoms. The summed E-state index contributed by atoms with van der Waals surface area (Å²) in [6.45, 7) is 4.19. The fourth-order valence-electron chi connectivity index (χ4n) is 1.83. The first-order chi connectivity index (χ1) is 9.02. The number of hydrogen-bond acceptors (Lipinski definition) is 5. The van der Waals surface area contributed by atoms with Crippen LogP contribution in [0.15, 0.2) is 28.2 Å². The topological polar surface area (TPSA) is 75.0 Å². The number of carboxylic acids is 1. The molecule has 2 aromatic rings. The summed E-state index contributed by atoms with van der Waals surface area (Å²) >= 11 is 1.00. The van der Waals surface area contributed by atoms with Gasteiger partial charge in [-0.1, -0.05) is 23.4 Å². The lowest BCUT2D eigenvalue weighted by Crippen LogP contribution is -2.26. The lowest BCUT2D eigenvalue weighted by molar-refractivity contribution is -0.301. The second-order valence-electron chi connectivity index (χ2n) is 4.13. The minimum atomic E-state index is -1.18. The molecular formula is C13H13N2O3S-. The second-order valence-corrected chi connectivity index (χ2v) is 5.07. The van der Waals surface area contributed by atoms with E-state index in [1.165, 1.54) is 4.57 Å². The molecule has 0 saturated heterocycles. The Labute approximate surface area is 114 Å². The van der Waals surface area contributed by atoms with Crippen molar-refractivity contribution in [2.75, 3.05) is 5.75 Å². The molecular weight excluding hydrogens is 264 g/mol. The fourth-order valence-corrected chi connectivity index (χ4v) is 2.60. The first kappa shape index (κ1) is 13.6. The maximum atomic E-state index is 12.3. The van der Waals surface area contributed by atoms with E-state index in [-0.39, 0.29) is 11.3 Å². The maximum Gasteiger partial charge on any atom is 0.262 e. The second kappa shape index (κ2) is 5.44. The molecule has 0 aliphatic rings. The van der Waals surface area contributed by atoms with E-state index in [1.54, 1.807) is 12.1 Å². The average molecular weight is 277 g/mol. The van der Waals surface area contributed by atoms with Crippen LogP contribution >= 0.6 is 11.8 Å². The SMILES string of the molecule is CCn1c(SCC(=O)[O-])nc2ccc(C)cc2c1=O. The van der Waals surface area contributed by atoms with Gasteiger partial charge in [0.2, 0.25) is 0 Å². The predicted octanol–water partition coefficient (Wildman–Crippen LogP) is 0.567. The normalized spacial score (nSPS) is 10.8. The van der Waals surface area contributed by atoms with E-state index in [0.717, 1.165) is 17.3 Å². The Balaban J connectivity index is 2.61. The van der Waals surface area contributed by atoms with Crippen LogP contribution in [0.1, 0.15) is 12.5 Å². The number of aryl methyl sites for hydroxylation is 1. The molecule has 5 nitrogen and oxygen atoms in total. The molecule has 0 amide bonds. The Kier molecular flexibility index (Phi) is 3.90. The van der Waals surface area contributed by atoms with Gasteiger partial charge in [-0.3, -0.25) is 9.36 Å². The standard InChI is InChI=1S/C13H14N2O3S/c1-3-15-12(18)9-6-8(2)4-5-10(9)14-13(15)19-7-11(16)17/h4-6H,3,7H2,1-2H3,(H,16,17)/p-1. The monoisotopic (exact) mass is 277 g/mol. The molecule has 0 radical (unpaired) electrons. The molecule has 0 N–H and O–H groups in total. The van der Waals surface area contributed by atoms with E-state index in [9.17, 15) is 14.7 Å². The van der Waals surface area contributed by atoms with Gasteiger partial charge in [-0.15, -0.1) is 0 Å². The molecule has 0 unspecified atom stereocenters. The zero-order chi connectivity index (χ0) is 14.0. The number of thioether (sulfide) groups is 1. The summed E-state index contributed by atoms with van der Waals surface area (Å²) in [5, 5.41) is 11.5. The largest absolute Gasteiger partial charge is 0.549 e. The Bertz CT molecular complexity index is 694. The Morgan fingerprint density at radius 2 is 2.21 bits per heavy atom. The molecule has 0 aliphatic heterocycles. The van der Waals surface area contributed by atoms with Crippen molar-refractivity contribution in [1.82, 2.24) is 9.55 Å². The van der Waals surface area contributed by atoms with Crippen LogP contribution in [0.5, 0.6) is 0 Å². The first-order valence-corrected chi connectivity index (χ1v) is 6.85. The molecule has 19 heavy (non-hydrogen) atoms. The van der Waals surface area contributed by atoms with E-state index in [1.807, 2.05) is 19.9 Å². The van der Waals surface area contributed by atoms with Crippen molar-refractivity contribution >= 4 is 28.6 Å². The molecule has 0 fully saturated rings. The highest BCUT2D eigenvalue weighted by Gasteiger charge is 2.10. The van der Waals surface area contributed by atoms with Gasteiger partial charge in [-0.25, -0.2) is 4.98 Å². The molecule has 0 spiro atoms. The summed E-state index contributed by atoms with van der Waals surface area (Å²) in [5.74, 6) is -1.39. The number of aromatic nitrogens is 2. The van der Waals surface area contributed by atoms with Crippen LogP contribution in [0.4, 0.5) is 0 Å². The molecule has 0 saturated carbocycles. The third-order valence-corrected chi connectivity index (χ3v) is 3.66. The smallest absolute Gasteiger partial charge is 0.262 e. The van der Waals surface area contributed by atoms with E-state index < -0.39 is 5.97 Å². The maximum absolute atomic E-state index is 12.3. The summed E-state index contributed by atoms with van der Waals surface area (Å²) < 4.78 is 1.48. The molecule has 1 aromatic heterocycles. The third kappa shape index (κ3) is 2.78. The molecule has 0 aliphatic carbocycles. The Hall–Kier alpha value is -1.82. The van der Waals surface area contributed by atoms with Gasteiger partial charge in [0.05, 0.1) is 16.9 Å².